The van der Waals surface area contributed by atoms with Gasteiger partial charge in [0.05, 0.1) is 19.2 Å². The smallest absolute Gasteiger partial charge is 0.251 e. The molecule has 1 aliphatic rings. The van der Waals surface area contributed by atoms with Gasteiger partial charge in [-0.3, -0.25) is 4.79 Å². The second-order valence-corrected chi connectivity index (χ2v) is 6.45. The molecule has 0 aromatic heterocycles. The Balaban J connectivity index is 2.17. The van der Waals surface area contributed by atoms with Crippen LogP contribution in [0, 0.1) is 11.8 Å². The van der Waals surface area contributed by atoms with Crippen LogP contribution in [-0.4, -0.2) is 26.2 Å². The van der Waals surface area contributed by atoms with Crippen LogP contribution in [0.25, 0.3) is 0 Å². The van der Waals surface area contributed by atoms with Crippen LogP contribution in [0.3, 0.4) is 0 Å². The molecule has 0 heterocycles. The standard InChI is InChI=1S/C17H24ClNO3/c1-10-6-5-7-14(11(10)2)19-17(20)12-8-13(18)16(22-4)15(9-12)21-3/h8-11,14H,5-7H2,1-4H3,(H,19,20). The maximum Gasteiger partial charge on any atom is 0.251 e. The fourth-order valence-corrected chi connectivity index (χ4v) is 3.37. The molecule has 1 aromatic carbocycles. The second-order valence-electron chi connectivity index (χ2n) is 6.04. The summed E-state index contributed by atoms with van der Waals surface area (Å²) in [7, 11) is 3.05. The molecule has 1 fully saturated rings. The molecule has 1 saturated carbocycles. The summed E-state index contributed by atoms with van der Waals surface area (Å²) in [4.78, 5) is 12.5. The first-order chi connectivity index (χ1) is 10.5. The molecule has 22 heavy (non-hydrogen) atoms. The largest absolute Gasteiger partial charge is 0.493 e. The highest BCUT2D eigenvalue weighted by atomic mass is 35.5. The molecule has 0 saturated heterocycles. The van der Waals surface area contributed by atoms with Crippen LogP contribution in [0.4, 0.5) is 0 Å². The number of benzene rings is 1. The summed E-state index contributed by atoms with van der Waals surface area (Å²) in [6, 6.07) is 3.50. The number of nitrogens with one attached hydrogen (secondary N) is 1. The van der Waals surface area contributed by atoms with Crippen LogP contribution in [0.5, 0.6) is 11.5 Å². The van der Waals surface area contributed by atoms with E-state index in [9.17, 15) is 4.79 Å². The molecular weight excluding hydrogens is 302 g/mol. The maximum absolute atomic E-state index is 12.5. The average molecular weight is 326 g/mol. The Morgan fingerprint density at radius 1 is 1.23 bits per heavy atom. The molecule has 3 unspecified atom stereocenters. The van der Waals surface area contributed by atoms with Crippen LogP contribution >= 0.6 is 11.6 Å². The average Bonchev–Trinajstić information content (AvgIpc) is 2.50. The van der Waals surface area contributed by atoms with Crippen molar-refractivity contribution in [3.63, 3.8) is 0 Å². The quantitative estimate of drug-likeness (QED) is 0.913. The number of carbonyl (C=O) groups excluding carboxylic acids is 1. The van der Waals surface area contributed by atoms with Crippen molar-refractivity contribution in [1.29, 1.82) is 0 Å². The zero-order chi connectivity index (χ0) is 16.3. The first kappa shape index (κ1) is 16.9. The maximum atomic E-state index is 12.5. The van der Waals surface area contributed by atoms with Gasteiger partial charge in [-0.05, 0) is 30.4 Å². The fraction of sp³-hybridized carbons (Fsp3) is 0.588. The number of amides is 1. The van der Waals surface area contributed by atoms with Crippen molar-refractivity contribution in [2.45, 2.75) is 39.2 Å². The number of rotatable bonds is 4. The van der Waals surface area contributed by atoms with E-state index in [1.54, 1.807) is 12.1 Å². The fourth-order valence-electron chi connectivity index (χ4n) is 3.09. The summed E-state index contributed by atoms with van der Waals surface area (Å²) in [6.45, 7) is 4.45. The highest BCUT2D eigenvalue weighted by molar-refractivity contribution is 6.32. The van der Waals surface area contributed by atoms with Gasteiger partial charge in [0.25, 0.3) is 5.91 Å². The Hall–Kier alpha value is -1.42. The number of carbonyl (C=O) groups is 1. The van der Waals surface area contributed by atoms with Crippen LogP contribution in [0.1, 0.15) is 43.5 Å². The van der Waals surface area contributed by atoms with Gasteiger partial charge in [0, 0.05) is 11.6 Å². The molecule has 0 bridgehead atoms. The molecule has 3 atom stereocenters. The number of halogens is 1. The van der Waals surface area contributed by atoms with Crippen molar-refractivity contribution in [2.24, 2.45) is 11.8 Å². The summed E-state index contributed by atoms with van der Waals surface area (Å²) in [5.74, 6) is 1.90. The third-order valence-electron chi connectivity index (χ3n) is 4.72. The summed E-state index contributed by atoms with van der Waals surface area (Å²) in [5, 5.41) is 3.51. The summed E-state index contributed by atoms with van der Waals surface area (Å²) in [5.41, 5.74) is 0.494. The molecule has 1 amide bonds. The number of hydrogen-bond donors (Lipinski definition) is 1. The Kier molecular flexibility index (Phi) is 5.57. The predicted octanol–water partition coefficient (Wildman–Crippen LogP) is 3.91. The lowest BCUT2D eigenvalue weighted by Crippen LogP contribution is -2.43. The van der Waals surface area contributed by atoms with E-state index in [1.165, 1.54) is 20.6 Å². The monoisotopic (exact) mass is 325 g/mol. The van der Waals surface area contributed by atoms with Gasteiger partial charge in [-0.15, -0.1) is 0 Å². The summed E-state index contributed by atoms with van der Waals surface area (Å²) < 4.78 is 10.4. The summed E-state index contributed by atoms with van der Waals surface area (Å²) in [6.07, 6.45) is 3.41. The molecule has 1 N–H and O–H groups in total. The zero-order valence-electron chi connectivity index (χ0n) is 13.6. The highest BCUT2D eigenvalue weighted by Gasteiger charge is 2.28. The van der Waals surface area contributed by atoms with E-state index in [0.29, 0.717) is 33.9 Å². The van der Waals surface area contributed by atoms with Gasteiger partial charge < -0.3 is 14.8 Å². The van der Waals surface area contributed by atoms with Crippen LogP contribution < -0.4 is 14.8 Å². The zero-order valence-corrected chi connectivity index (χ0v) is 14.4. The highest BCUT2D eigenvalue weighted by Crippen LogP contribution is 2.36. The molecule has 122 valence electrons. The third kappa shape index (κ3) is 3.49. The second kappa shape index (κ2) is 7.23. The van der Waals surface area contributed by atoms with Gasteiger partial charge in [-0.25, -0.2) is 0 Å². The Morgan fingerprint density at radius 3 is 2.59 bits per heavy atom. The van der Waals surface area contributed by atoms with Crippen LogP contribution in [-0.2, 0) is 0 Å². The molecular formula is C17H24ClNO3. The first-order valence-corrected chi connectivity index (χ1v) is 8.08. The van der Waals surface area contributed by atoms with Crippen molar-refractivity contribution in [3.8, 4) is 11.5 Å². The molecule has 1 aromatic rings. The molecule has 0 spiro atoms. The molecule has 0 aliphatic heterocycles. The van der Waals surface area contributed by atoms with Crippen molar-refractivity contribution in [2.75, 3.05) is 14.2 Å². The normalized spacial score (nSPS) is 24.7. The molecule has 2 rings (SSSR count). The van der Waals surface area contributed by atoms with E-state index in [-0.39, 0.29) is 11.9 Å². The van der Waals surface area contributed by atoms with Crippen molar-refractivity contribution >= 4 is 17.5 Å². The number of methoxy groups -OCH3 is 2. The Bertz CT molecular complexity index is 547. The molecule has 4 nitrogen and oxygen atoms in total. The first-order valence-electron chi connectivity index (χ1n) is 7.70. The topological polar surface area (TPSA) is 47.6 Å². The van der Waals surface area contributed by atoms with Crippen molar-refractivity contribution in [3.05, 3.63) is 22.7 Å². The van der Waals surface area contributed by atoms with Gasteiger partial charge in [-0.1, -0.05) is 38.3 Å². The van der Waals surface area contributed by atoms with E-state index < -0.39 is 0 Å². The molecule has 1 aliphatic carbocycles. The van der Waals surface area contributed by atoms with E-state index in [0.717, 1.165) is 12.8 Å². The van der Waals surface area contributed by atoms with Crippen LogP contribution in [0.15, 0.2) is 12.1 Å². The minimum atomic E-state index is -0.117. The lowest BCUT2D eigenvalue weighted by molar-refractivity contribution is 0.0890. The van der Waals surface area contributed by atoms with Gasteiger partial charge in [0.15, 0.2) is 11.5 Å². The lowest BCUT2D eigenvalue weighted by Gasteiger charge is -2.34. The molecule has 0 radical (unpaired) electrons. The van der Waals surface area contributed by atoms with Gasteiger partial charge in [-0.2, -0.15) is 0 Å². The number of hydrogen-bond acceptors (Lipinski definition) is 3. The minimum absolute atomic E-state index is 0.117. The predicted molar refractivity (Wildman–Crippen MR) is 88.0 cm³/mol. The van der Waals surface area contributed by atoms with Gasteiger partial charge in [0.2, 0.25) is 0 Å². The van der Waals surface area contributed by atoms with Gasteiger partial charge in [0.1, 0.15) is 0 Å². The number of ether oxygens (including phenoxy) is 2. The molecule has 5 heteroatoms. The third-order valence-corrected chi connectivity index (χ3v) is 5.00. The van der Waals surface area contributed by atoms with E-state index >= 15 is 0 Å². The lowest BCUT2D eigenvalue weighted by atomic mass is 9.78. The minimum Gasteiger partial charge on any atom is -0.493 e. The summed E-state index contributed by atoms with van der Waals surface area (Å²) >= 11 is 6.17. The van der Waals surface area contributed by atoms with Crippen molar-refractivity contribution < 1.29 is 14.3 Å². The Labute approximate surface area is 137 Å². The Morgan fingerprint density at radius 2 is 1.95 bits per heavy atom. The SMILES string of the molecule is COc1cc(C(=O)NC2CCCC(C)C2C)cc(Cl)c1OC. The van der Waals surface area contributed by atoms with E-state index in [2.05, 4.69) is 19.2 Å². The van der Waals surface area contributed by atoms with E-state index in [4.69, 9.17) is 21.1 Å². The van der Waals surface area contributed by atoms with E-state index in [1.807, 2.05) is 0 Å². The van der Waals surface area contributed by atoms with Crippen molar-refractivity contribution in [1.82, 2.24) is 5.32 Å². The van der Waals surface area contributed by atoms with Crippen LogP contribution in [0.2, 0.25) is 5.02 Å². The van der Waals surface area contributed by atoms with Gasteiger partial charge >= 0.3 is 0 Å².